The lowest BCUT2D eigenvalue weighted by Gasteiger charge is -2.24. The molecule has 1 amide bonds. The number of amides is 1. The van der Waals surface area contributed by atoms with Crippen molar-refractivity contribution < 1.29 is 22.3 Å². The highest BCUT2D eigenvalue weighted by atomic mass is 32.2. The number of nitrogens with zero attached hydrogens (tertiary/aromatic N) is 1. The van der Waals surface area contributed by atoms with Crippen molar-refractivity contribution in [2.24, 2.45) is 5.41 Å². The van der Waals surface area contributed by atoms with Crippen molar-refractivity contribution in [2.75, 3.05) is 23.3 Å². The van der Waals surface area contributed by atoms with Crippen LogP contribution in [0, 0.1) is 18.2 Å². The zero-order valence-corrected chi connectivity index (χ0v) is 16.4. The molecule has 0 saturated heterocycles. The highest BCUT2D eigenvalue weighted by Crippen LogP contribution is 2.37. The first-order chi connectivity index (χ1) is 12.5. The Morgan fingerprint density at radius 1 is 1.19 bits per heavy atom. The van der Waals surface area contributed by atoms with Crippen LogP contribution < -0.4 is 14.4 Å². The van der Waals surface area contributed by atoms with E-state index >= 15 is 0 Å². The van der Waals surface area contributed by atoms with E-state index in [9.17, 15) is 17.6 Å². The zero-order valence-electron chi connectivity index (χ0n) is 15.5. The van der Waals surface area contributed by atoms with Crippen LogP contribution in [-0.2, 0) is 14.8 Å². The lowest BCUT2D eigenvalue weighted by Crippen LogP contribution is -2.39. The molecule has 1 aliphatic rings. The van der Waals surface area contributed by atoms with E-state index in [0.717, 1.165) is 12.1 Å². The number of nitrogens with one attached hydrogen (secondary N) is 1. The van der Waals surface area contributed by atoms with Gasteiger partial charge in [-0.25, -0.2) is 12.8 Å². The van der Waals surface area contributed by atoms with Crippen LogP contribution in [0.25, 0.3) is 0 Å². The van der Waals surface area contributed by atoms with Gasteiger partial charge in [-0.1, -0.05) is 0 Å². The van der Waals surface area contributed by atoms with Gasteiger partial charge in [0.1, 0.15) is 18.2 Å². The molecule has 0 radical (unpaired) electrons. The molecule has 3 rings (SSSR count). The van der Waals surface area contributed by atoms with E-state index in [4.69, 9.17) is 4.74 Å². The number of ether oxygens (including phenoxy) is 1. The Hall–Kier alpha value is -2.61. The van der Waals surface area contributed by atoms with Gasteiger partial charge in [0.25, 0.3) is 10.0 Å². The maximum Gasteiger partial charge on any atom is 0.262 e. The fourth-order valence-corrected chi connectivity index (χ4v) is 4.26. The third kappa shape index (κ3) is 3.62. The lowest BCUT2D eigenvalue weighted by atomic mass is 9.93. The molecule has 1 heterocycles. The van der Waals surface area contributed by atoms with E-state index in [1.54, 1.807) is 33.0 Å². The van der Waals surface area contributed by atoms with Crippen molar-refractivity contribution in [3.05, 3.63) is 47.8 Å². The highest BCUT2D eigenvalue weighted by Gasteiger charge is 2.36. The molecule has 0 fully saturated rings. The standard InChI is InChI=1S/C19H21FN2O4S/c1-12-9-13(20)5-8-17(12)27(24,25)21-14-6-7-15-16(10-14)26-11-19(2,3)18(23)22(15)4/h5-10,21H,11H2,1-4H3. The van der Waals surface area contributed by atoms with Crippen molar-refractivity contribution >= 4 is 27.3 Å². The number of carbonyl (C=O) groups is 1. The Morgan fingerprint density at radius 2 is 1.89 bits per heavy atom. The minimum atomic E-state index is -3.90. The summed E-state index contributed by atoms with van der Waals surface area (Å²) in [4.78, 5) is 14.0. The van der Waals surface area contributed by atoms with E-state index in [2.05, 4.69) is 4.72 Å². The summed E-state index contributed by atoms with van der Waals surface area (Å²) in [5.41, 5.74) is 0.462. The molecule has 2 aromatic carbocycles. The maximum atomic E-state index is 13.3. The van der Waals surface area contributed by atoms with Crippen LogP contribution >= 0.6 is 0 Å². The molecule has 6 nitrogen and oxygen atoms in total. The number of halogens is 1. The molecule has 2 aromatic rings. The Morgan fingerprint density at radius 3 is 2.56 bits per heavy atom. The van der Waals surface area contributed by atoms with Gasteiger partial charge in [-0.15, -0.1) is 0 Å². The molecule has 0 aliphatic carbocycles. The molecular weight excluding hydrogens is 371 g/mol. The number of fused-ring (bicyclic) bond motifs is 1. The van der Waals surface area contributed by atoms with Gasteiger partial charge in [-0.2, -0.15) is 0 Å². The average Bonchev–Trinajstić information content (AvgIpc) is 2.65. The smallest absolute Gasteiger partial charge is 0.262 e. The number of hydrogen-bond donors (Lipinski definition) is 1. The summed E-state index contributed by atoms with van der Waals surface area (Å²) < 4.78 is 46.8. The molecule has 8 heteroatoms. The van der Waals surface area contributed by atoms with Crippen molar-refractivity contribution in [1.29, 1.82) is 0 Å². The predicted octanol–water partition coefficient (Wildman–Crippen LogP) is 3.32. The molecule has 0 spiro atoms. The number of anilines is 2. The molecule has 0 aromatic heterocycles. The normalized spacial score (nSPS) is 16.3. The number of benzene rings is 2. The van der Waals surface area contributed by atoms with Gasteiger partial charge in [0.15, 0.2) is 0 Å². The van der Waals surface area contributed by atoms with Gasteiger partial charge in [0.2, 0.25) is 5.91 Å². The molecule has 0 bridgehead atoms. The van der Waals surface area contributed by atoms with Gasteiger partial charge in [0, 0.05) is 13.1 Å². The van der Waals surface area contributed by atoms with Crippen molar-refractivity contribution in [2.45, 2.75) is 25.7 Å². The summed E-state index contributed by atoms with van der Waals surface area (Å²) in [5, 5.41) is 0. The fraction of sp³-hybridized carbons (Fsp3) is 0.316. The first-order valence-corrected chi connectivity index (χ1v) is 9.83. The topological polar surface area (TPSA) is 75.7 Å². The number of hydrogen-bond acceptors (Lipinski definition) is 4. The molecule has 0 atom stereocenters. The SMILES string of the molecule is Cc1cc(F)ccc1S(=O)(=O)Nc1ccc2c(c1)OCC(C)(C)C(=O)N2C. The van der Waals surface area contributed by atoms with Crippen LogP contribution in [0.2, 0.25) is 0 Å². The summed E-state index contributed by atoms with van der Waals surface area (Å²) in [6.45, 7) is 5.29. The maximum absolute atomic E-state index is 13.3. The van der Waals surface area contributed by atoms with Crippen LogP contribution in [0.15, 0.2) is 41.3 Å². The van der Waals surface area contributed by atoms with Gasteiger partial charge in [0.05, 0.1) is 21.7 Å². The van der Waals surface area contributed by atoms with Crippen molar-refractivity contribution in [3.63, 3.8) is 0 Å². The molecule has 1 N–H and O–H groups in total. The summed E-state index contributed by atoms with van der Waals surface area (Å²) in [7, 11) is -2.24. The molecule has 0 unspecified atom stereocenters. The van der Waals surface area contributed by atoms with E-state index in [1.165, 1.54) is 24.0 Å². The van der Waals surface area contributed by atoms with Crippen molar-refractivity contribution in [3.8, 4) is 5.75 Å². The van der Waals surface area contributed by atoms with Gasteiger partial charge < -0.3 is 9.64 Å². The second-order valence-corrected chi connectivity index (χ2v) is 8.89. The van der Waals surface area contributed by atoms with Crippen LogP contribution in [0.3, 0.4) is 0 Å². The molecule has 27 heavy (non-hydrogen) atoms. The Kier molecular flexibility index (Phi) is 4.63. The van der Waals surface area contributed by atoms with Gasteiger partial charge in [-0.05, 0) is 56.7 Å². The summed E-state index contributed by atoms with van der Waals surface area (Å²) >= 11 is 0. The Bertz CT molecular complexity index is 1020. The second-order valence-electron chi connectivity index (χ2n) is 7.23. The number of sulfonamides is 1. The number of carbonyl (C=O) groups excluding carboxylic acids is 1. The van der Waals surface area contributed by atoms with Crippen LogP contribution in [0.1, 0.15) is 19.4 Å². The van der Waals surface area contributed by atoms with E-state index in [1.807, 2.05) is 0 Å². The zero-order chi connectivity index (χ0) is 20.0. The molecular formula is C19H21FN2O4S. The van der Waals surface area contributed by atoms with Crippen LogP contribution in [-0.4, -0.2) is 28.0 Å². The molecule has 0 saturated carbocycles. The average molecular weight is 392 g/mol. The minimum Gasteiger partial charge on any atom is -0.490 e. The highest BCUT2D eigenvalue weighted by molar-refractivity contribution is 7.92. The van der Waals surface area contributed by atoms with E-state index in [-0.39, 0.29) is 23.1 Å². The Labute approximate surface area is 158 Å². The monoisotopic (exact) mass is 392 g/mol. The first-order valence-electron chi connectivity index (χ1n) is 8.35. The first kappa shape index (κ1) is 19.2. The Balaban J connectivity index is 1.94. The summed E-state index contributed by atoms with van der Waals surface area (Å²) in [6.07, 6.45) is 0. The predicted molar refractivity (Wildman–Crippen MR) is 101 cm³/mol. The lowest BCUT2D eigenvalue weighted by molar-refractivity contribution is -0.127. The van der Waals surface area contributed by atoms with Crippen LogP contribution in [0.4, 0.5) is 15.8 Å². The number of aryl methyl sites for hydroxylation is 1. The molecule has 1 aliphatic heterocycles. The second kappa shape index (κ2) is 6.53. The largest absolute Gasteiger partial charge is 0.490 e. The third-order valence-electron chi connectivity index (χ3n) is 4.47. The van der Waals surface area contributed by atoms with Gasteiger partial charge in [-0.3, -0.25) is 9.52 Å². The van der Waals surface area contributed by atoms with Crippen molar-refractivity contribution in [1.82, 2.24) is 0 Å². The van der Waals surface area contributed by atoms with Crippen LogP contribution in [0.5, 0.6) is 5.75 Å². The fourth-order valence-electron chi connectivity index (χ4n) is 2.98. The van der Waals surface area contributed by atoms with E-state index in [0.29, 0.717) is 17.0 Å². The summed E-state index contributed by atoms with van der Waals surface area (Å²) in [5.74, 6) is -0.177. The summed E-state index contributed by atoms with van der Waals surface area (Å²) in [6, 6.07) is 8.21. The van der Waals surface area contributed by atoms with Gasteiger partial charge >= 0.3 is 0 Å². The number of rotatable bonds is 3. The minimum absolute atomic E-state index is 0.00631. The van der Waals surface area contributed by atoms with E-state index < -0.39 is 21.3 Å². The third-order valence-corrected chi connectivity index (χ3v) is 6.01. The molecule has 144 valence electrons. The quantitative estimate of drug-likeness (QED) is 0.870.